The van der Waals surface area contributed by atoms with Crippen molar-refractivity contribution in [2.75, 3.05) is 26.3 Å². The molecule has 1 fully saturated rings. The average molecular weight is 438 g/mol. The van der Waals surface area contributed by atoms with Crippen LogP contribution in [0.4, 0.5) is 8.78 Å². The Morgan fingerprint density at radius 3 is 2.40 bits per heavy atom. The predicted octanol–water partition coefficient (Wildman–Crippen LogP) is 2.80. The van der Waals surface area contributed by atoms with Gasteiger partial charge in [0.05, 0.1) is 24.2 Å². The van der Waals surface area contributed by atoms with Gasteiger partial charge in [-0.25, -0.2) is 17.2 Å². The van der Waals surface area contributed by atoms with Crippen molar-refractivity contribution in [1.29, 1.82) is 0 Å². The first-order chi connectivity index (χ1) is 14.3. The average Bonchev–Trinajstić information content (AvgIpc) is 2.75. The highest BCUT2D eigenvalue weighted by molar-refractivity contribution is 7.89. The Morgan fingerprint density at radius 1 is 1.10 bits per heavy atom. The molecule has 0 aliphatic carbocycles. The van der Waals surface area contributed by atoms with Crippen LogP contribution in [0.25, 0.3) is 0 Å². The van der Waals surface area contributed by atoms with E-state index in [1.807, 2.05) is 0 Å². The summed E-state index contributed by atoms with van der Waals surface area (Å²) in [5.74, 6) is -2.13. The van der Waals surface area contributed by atoms with Crippen molar-refractivity contribution in [3.05, 3.63) is 65.2 Å². The molecule has 1 heterocycles. The molecule has 0 radical (unpaired) electrons. The summed E-state index contributed by atoms with van der Waals surface area (Å²) < 4.78 is 58.2. The lowest BCUT2D eigenvalue weighted by molar-refractivity contribution is -0.121. The van der Waals surface area contributed by atoms with E-state index in [9.17, 15) is 22.0 Å². The predicted molar refractivity (Wildman–Crippen MR) is 107 cm³/mol. The number of benzene rings is 2. The molecule has 1 aliphatic rings. The molecule has 1 N–H and O–H groups in total. The lowest BCUT2D eigenvalue weighted by Crippen LogP contribution is -2.40. The molecule has 162 valence electrons. The van der Waals surface area contributed by atoms with Gasteiger partial charge in [-0.2, -0.15) is 4.31 Å². The summed E-state index contributed by atoms with van der Waals surface area (Å²) >= 11 is 0. The van der Waals surface area contributed by atoms with Gasteiger partial charge in [0.2, 0.25) is 15.9 Å². The SMILES string of the molecule is CC(NC(=O)CCc1ccc(S(=O)(=O)N2CCOCC2)cc1)c1ccc(F)c(F)c1. The minimum Gasteiger partial charge on any atom is -0.379 e. The maximum Gasteiger partial charge on any atom is 0.243 e. The molecule has 1 amide bonds. The summed E-state index contributed by atoms with van der Waals surface area (Å²) in [6, 6.07) is 9.53. The second kappa shape index (κ2) is 9.63. The van der Waals surface area contributed by atoms with Gasteiger partial charge in [0.15, 0.2) is 11.6 Å². The molecule has 1 saturated heterocycles. The van der Waals surface area contributed by atoms with E-state index in [1.165, 1.54) is 10.4 Å². The highest BCUT2D eigenvalue weighted by Gasteiger charge is 2.26. The summed E-state index contributed by atoms with van der Waals surface area (Å²) in [5.41, 5.74) is 1.30. The van der Waals surface area contributed by atoms with E-state index in [4.69, 9.17) is 4.74 Å². The zero-order chi connectivity index (χ0) is 21.7. The van der Waals surface area contributed by atoms with Crippen LogP contribution in [-0.2, 0) is 26.0 Å². The Balaban J connectivity index is 1.54. The third-order valence-corrected chi connectivity index (χ3v) is 6.91. The van der Waals surface area contributed by atoms with Crippen LogP contribution in [-0.4, -0.2) is 44.9 Å². The molecule has 1 aliphatic heterocycles. The van der Waals surface area contributed by atoms with Gasteiger partial charge in [0, 0.05) is 19.5 Å². The van der Waals surface area contributed by atoms with Gasteiger partial charge >= 0.3 is 0 Å². The number of ether oxygens (including phenoxy) is 1. The van der Waals surface area contributed by atoms with Gasteiger partial charge in [-0.3, -0.25) is 4.79 Å². The van der Waals surface area contributed by atoms with E-state index >= 15 is 0 Å². The Kier molecular flexibility index (Phi) is 7.17. The second-order valence-electron chi connectivity index (χ2n) is 7.12. The monoisotopic (exact) mass is 438 g/mol. The van der Waals surface area contributed by atoms with Crippen molar-refractivity contribution in [1.82, 2.24) is 9.62 Å². The Hall–Kier alpha value is -2.36. The fraction of sp³-hybridized carbons (Fsp3) is 0.381. The number of sulfonamides is 1. The molecule has 0 aromatic heterocycles. The third-order valence-electron chi connectivity index (χ3n) is 4.99. The lowest BCUT2D eigenvalue weighted by Gasteiger charge is -2.26. The van der Waals surface area contributed by atoms with Crippen LogP contribution in [0.3, 0.4) is 0 Å². The molecule has 3 rings (SSSR count). The van der Waals surface area contributed by atoms with E-state index < -0.39 is 27.7 Å². The fourth-order valence-corrected chi connectivity index (χ4v) is 4.61. The molecular weight excluding hydrogens is 414 g/mol. The van der Waals surface area contributed by atoms with Crippen LogP contribution < -0.4 is 5.32 Å². The first-order valence-corrected chi connectivity index (χ1v) is 11.1. The largest absolute Gasteiger partial charge is 0.379 e. The van der Waals surface area contributed by atoms with E-state index in [0.717, 1.165) is 17.7 Å². The zero-order valence-electron chi connectivity index (χ0n) is 16.6. The number of nitrogens with one attached hydrogen (secondary N) is 1. The number of carbonyl (C=O) groups is 1. The number of morpholine rings is 1. The van der Waals surface area contributed by atoms with Crippen LogP contribution >= 0.6 is 0 Å². The molecule has 30 heavy (non-hydrogen) atoms. The number of amides is 1. The number of halogens is 2. The van der Waals surface area contributed by atoms with Crippen molar-refractivity contribution in [3.8, 4) is 0 Å². The number of rotatable bonds is 7. The summed E-state index contributed by atoms with van der Waals surface area (Å²) in [4.78, 5) is 12.4. The molecule has 0 saturated carbocycles. The molecule has 1 atom stereocenters. The minimum atomic E-state index is -3.55. The molecule has 2 aromatic carbocycles. The van der Waals surface area contributed by atoms with Gasteiger partial charge in [-0.1, -0.05) is 18.2 Å². The first-order valence-electron chi connectivity index (χ1n) is 9.68. The van der Waals surface area contributed by atoms with Crippen LogP contribution in [0.2, 0.25) is 0 Å². The maximum atomic E-state index is 13.3. The number of aryl methyl sites for hydroxylation is 1. The molecular formula is C21H24F2N2O4S. The Labute approximate surface area is 174 Å². The number of hydrogen-bond donors (Lipinski definition) is 1. The molecule has 0 bridgehead atoms. The smallest absolute Gasteiger partial charge is 0.243 e. The molecule has 9 heteroatoms. The van der Waals surface area contributed by atoms with E-state index in [1.54, 1.807) is 31.2 Å². The van der Waals surface area contributed by atoms with E-state index in [2.05, 4.69) is 5.32 Å². The minimum absolute atomic E-state index is 0.184. The summed E-state index contributed by atoms with van der Waals surface area (Å²) in [7, 11) is -3.55. The topological polar surface area (TPSA) is 75.7 Å². The van der Waals surface area contributed by atoms with Crippen LogP contribution in [0, 0.1) is 11.6 Å². The fourth-order valence-electron chi connectivity index (χ4n) is 3.20. The highest BCUT2D eigenvalue weighted by atomic mass is 32.2. The Morgan fingerprint density at radius 2 is 1.77 bits per heavy atom. The van der Waals surface area contributed by atoms with Crippen molar-refractivity contribution >= 4 is 15.9 Å². The number of hydrogen-bond acceptors (Lipinski definition) is 4. The molecule has 0 spiro atoms. The highest BCUT2D eigenvalue weighted by Crippen LogP contribution is 2.19. The van der Waals surface area contributed by atoms with Crippen LogP contribution in [0.5, 0.6) is 0 Å². The van der Waals surface area contributed by atoms with Crippen LogP contribution in [0.1, 0.15) is 30.5 Å². The number of carbonyl (C=O) groups excluding carboxylic acids is 1. The first kappa shape index (κ1) is 22.3. The van der Waals surface area contributed by atoms with Crippen molar-refractivity contribution in [2.45, 2.75) is 30.7 Å². The second-order valence-corrected chi connectivity index (χ2v) is 9.06. The summed E-state index contributed by atoms with van der Waals surface area (Å²) in [6.07, 6.45) is 0.609. The third kappa shape index (κ3) is 5.41. The summed E-state index contributed by atoms with van der Waals surface area (Å²) in [5, 5.41) is 2.75. The van der Waals surface area contributed by atoms with Crippen molar-refractivity contribution in [2.24, 2.45) is 0 Å². The summed E-state index contributed by atoms with van der Waals surface area (Å²) in [6.45, 7) is 3.13. The lowest BCUT2D eigenvalue weighted by atomic mass is 10.1. The van der Waals surface area contributed by atoms with Gasteiger partial charge in [-0.15, -0.1) is 0 Å². The zero-order valence-corrected chi connectivity index (χ0v) is 17.4. The molecule has 2 aromatic rings. The van der Waals surface area contributed by atoms with Crippen molar-refractivity contribution in [3.63, 3.8) is 0 Å². The standard InChI is InChI=1S/C21H24F2N2O4S/c1-15(17-5-8-19(22)20(23)14-17)24-21(26)9-4-16-2-6-18(7-3-16)30(27,28)25-10-12-29-13-11-25/h2-3,5-8,14-15H,4,9-13H2,1H3,(H,24,26). The van der Waals surface area contributed by atoms with Crippen molar-refractivity contribution < 1.29 is 26.7 Å². The van der Waals surface area contributed by atoms with E-state index in [-0.39, 0.29) is 17.2 Å². The normalized spacial score (nSPS) is 16.2. The number of nitrogens with zero attached hydrogens (tertiary/aromatic N) is 1. The quantitative estimate of drug-likeness (QED) is 0.721. The van der Waals surface area contributed by atoms with Gasteiger partial charge < -0.3 is 10.1 Å². The maximum absolute atomic E-state index is 13.3. The molecule has 6 nitrogen and oxygen atoms in total. The molecule has 1 unspecified atom stereocenters. The van der Waals surface area contributed by atoms with Crippen LogP contribution in [0.15, 0.2) is 47.4 Å². The Bertz CT molecular complexity index is 991. The van der Waals surface area contributed by atoms with Gasteiger partial charge in [0.1, 0.15) is 0 Å². The van der Waals surface area contributed by atoms with E-state index in [0.29, 0.717) is 38.3 Å². The van der Waals surface area contributed by atoms with Gasteiger partial charge in [-0.05, 0) is 48.7 Å². The van der Waals surface area contributed by atoms with Gasteiger partial charge in [0.25, 0.3) is 0 Å².